The van der Waals surface area contributed by atoms with Gasteiger partial charge >= 0.3 is 11.9 Å². The van der Waals surface area contributed by atoms with Crippen molar-refractivity contribution in [2.75, 3.05) is 13.2 Å². The molecule has 0 saturated carbocycles. The lowest BCUT2D eigenvalue weighted by atomic mass is 10.0. The third-order valence-corrected chi connectivity index (χ3v) is 9.47. The summed E-state index contributed by atoms with van der Waals surface area (Å²) in [5.74, 6) is -0.659. The van der Waals surface area contributed by atoms with Gasteiger partial charge in [-0.3, -0.25) is 9.59 Å². The first-order chi connectivity index (χ1) is 22.6. The molecule has 5 heteroatoms. The minimum atomic E-state index is -0.746. The highest BCUT2D eigenvalue weighted by Gasteiger charge is 2.17. The van der Waals surface area contributed by atoms with Crippen molar-refractivity contribution in [3.63, 3.8) is 0 Å². The number of ether oxygens (including phenoxy) is 2. The molecule has 1 atom stereocenters. The molecule has 0 heterocycles. The molecule has 0 rings (SSSR count). The summed E-state index contributed by atoms with van der Waals surface area (Å²) in [5.41, 5.74) is 5.95. The molecule has 0 aromatic carbocycles. The van der Waals surface area contributed by atoms with E-state index in [1.807, 2.05) is 0 Å². The van der Waals surface area contributed by atoms with E-state index in [1.54, 1.807) is 0 Å². The lowest BCUT2D eigenvalue weighted by Crippen LogP contribution is -2.33. The van der Waals surface area contributed by atoms with Crippen LogP contribution in [0, 0.1) is 0 Å². The summed E-state index contributed by atoms with van der Waals surface area (Å²) in [6.07, 6.45) is 42.8. The van der Waals surface area contributed by atoms with E-state index < -0.39 is 12.0 Å². The van der Waals surface area contributed by atoms with Crippen molar-refractivity contribution in [1.82, 2.24) is 0 Å². The average Bonchev–Trinajstić information content (AvgIpc) is 3.06. The topological polar surface area (TPSA) is 78.6 Å². The van der Waals surface area contributed by atoms with Gasteiger partial charge in [0.15, 0.2) is 0 Å². The minimum Gasteiger partial charge on any atom is -0.466 e. The Kier molecular flexibility index (Phi) is 37.4. The van der Waals surface area contributed by atoms with Crippen molar-refractivity contribution >= 4 is 11.9 Å². The number of nitrogens with two attached hydrogens (primary N) is 1. The lowest BCUT2D eigenvalue weighted by Gasteiger charge is -2.11. The molecule has 5 nitrogen and oxygen atoms in total. The number of unbranched alkanes of at least 4 members (excludes halogenated alkanes) is 30. The van der Waals surface area contributed by atoms with Crippen LogP contribution in [0.25, 0.3) is 0 Å². The highest BCUT2D eigenvalue weighted by molar-refractivity contribution is 5.77. The van der Waals surface area contributed by atoms with Gasteiger partial charge in [0.25, 0.3) is 0 Å². The molecule has 0 spiro atoms. The van der Waals surface area contributed by atoms with Crippen molar-refractivity contribution in [2.24, 2.45) is 5.73 Å². The highest BCUT2D eigenvalue weighted by atomic mass is 16.5. The van der Waals surface area contributed by atoms with Crippen molar-refractivity contribution in [1.29, 1.82) is 0 Å². The van der Waals surface area contributed by atoms with E-state index in [2.05, 4.69) is 13.8 Å². The monoisotopic (exact) mass is 652 g/mol. The van der Waals surface area contributed by atoms with E-state index >= 15 is 0 Å². The Bertz CT molecular complexity index is 626. The Labute approximate surface area is 287 Å². The van der Waals surface area contributed by atoms with Crippen LogP contribution in [0.2, 0.25) is 0 Å². The molecule has 0 aliphatic rings. The van der Waals surface area contributed by atoms with Crippen LogP contribution in [0.15, 0.2) is 0 Å². The number of hydrogen-bond acceptors (Lipinski definition) is 5. The van der Waals surface area contributed by atoms with Crippen LogP contribution in [0.1, 0.15) is 232 Å². The summed E-state index contributed by atoms with van der Waals surface area (Å²) in [6, 6.07) is -0.746. The number of carbonyl (C=O) groups excluding carboxylic acids is 2. The Hall–Kier alpha value is -1.10. The van der Waals surface area contributed by atoms with Crippen LogP contribution in [0.3, 0.4) is 0 Å². The van der Waals surface area contributed by atoms with Crippen LogP contribution in [0.5, 0.6) is 0 Å². The fourth-order valence-corrected chi connectivity index (χ4v) is 6.23. The number of esters is 2. The molecule has 2 N–H and O–H groups in total. The second-order valence-electron chi connectivity index (χ2n) is 14.1. The molecule has 274 valence electrons. The van der Waals surface area contributed by atoms with Crippen LogP contribution in [0.4, 0.5) is 0 Å². The second kappa shape index (κ2) is 38.3. The molecule has 1 unspecified atom stereocenters. The zero-order valence-electron chi connectivity index (χ0n) is 31.2. The Morgan fingerprint density at radius 1 is 0.413 bits per heavy atom. The minimum absolute atomic E-state index is 0.175. The van der Waals surface area contributed by atoms with Crippen LogP contribution >= 0.6 is 0 Å². The third kappa shape index (κ3) is 35.7. The van der Waals surface area contributed by atoms with E-state index in [9.17, 15) is 9.59 Å². The van der Waals surface area contributed by atoms with E-state index in [0.717, 1.165) is 25.7 Å². The van der Waals surface area contributed by atoms with Crippen LogP contribution in [-0.2, 0) is 19.1 Å². The maximum absolute atomic E-state index is 12.1. The fraction of sp³-hybridized carbons (Fsp3) is 0.951. The molecule has 0 amide bonds. The standard InChI is InChI=1S/C41H81NO4/c1-3-5-7-9-11-13-15-17-19-21-23-25-27-29-31-33-37-45-40(43)36-35-39(42)41(44)46-38-34-32-30-28-26-24-22-20-18-16-14-12-10-8-6-4-2/h39H,3-38,42H2,1-2H3. The number of hydrogen-bond donors (Lipinski definition) is 1. The molecule has 0 aliphatic heterocycles. The first-order valence-corrected chi connectivity index (χ1v) is 20.7. The summed E-state index contributed by atoms with van der Waals surface area (Å²) >= 11 is 0. The Morgan fingerprint density at radius 3 is 0.978 bits per heavy atom. The van der Waals surface area contributed by atoms with Gasteiger partial charge in [0.2, 0.25) is 0 Å². The molecular formula is C41H81NO4. The molecule has 0 saturated heterocycles. The molecular weight excluding hydrogens is 570 g/mol. The predicted molar refractivity (Wildman–Crippen MR) is 198 cm³/mol. The van der Waals surface area contributed by atoms with Gasteiger partial charge in [-0.2, -0.15) is 0 Å². The summed E-state index contributed by atoms with van der Waals surface area (Å²) in [5, 5.41) is 0. The average molecular weight is 652 g/mol. The smallest absolute Gasteiger partial charge is 0.322 e. The summed E-state index contributed by atoms with van der Waals surface area (Å²) < 4.78 is 10.7. The third-order valence-electron chi connectivity index (χ3n) is 9.47. The zero-order valence-corrected chi connectivity index (χ0v) is 31.2. The van der Waals surface area contributed by atoms with Gasteiger partial charge < -0.3 is 15.2 Å². The first kappa shape index (κ1) is 44.9. The van der Waals surface area contributed by atoms with E-state index in [4.69, 9.17) is 15.2 Å². The van der Waals surface area contributed by atoms with Gasteiger partial charge in [-0.05, 0) is 19.3 Å². The van der Waals surface area contributed by atoms with Gasteiger partial charge in [-0.25, -0.2) is 0 Å². The number of rotatable bonds is 38. The first-order valence-electron chi connectivity index (χ1n) is 20.7. The van der Waals surface area contributed by atoms with Crippen LogP contribution < -0.4 is 5.73 Å². The SMILES string of the molecule is CCCCCCCCCCCCCCCCCCOC(=O)CCC(N)C(=O)OCCCCCCCCCCCCCCCCCC. The predicted octanol–water partition coefficient (Wildman–Crippen LogP) is 12.7. The maximum atomic E-state index is 12.1. The molecule has 0 fully saturated rings. The van der Waals surface area contributed by atoms with Crippen LogP contribution in [-0.4, -0.2) is 31.2 Å². The van der Waals surface area contributed by atoms with Gasteiger partial charge in [0, 0.05) is 6.42 Å². The largest absolute Gasteiger partial charge is 0.466 e. The summed E-state index contributed by atoms with van der Waals surface area (Å²) in [4.78, 5) is 24.2. The van der Waals surface area contributed by atoms with Gasteiger partial charge in [-0.15, -0.1) is 0 Å². The lowest BCUT2D eigenvalue weighted by molar-refractivity contribution is -0.146. The molecule has 0 aromatic heterocycles. The molecule has 0 aromatic rings. The molecule has 0 bridgehead atoms. The second-order valence-corrected chi connectivity index (χ2v) is 14.1. The van der Waals surface area contributed by atoms with Gasteiger partial charge in [0.05, 0.1) is 13.2 Å². The summed E-state index contributed by atoms with van der Waals surface area (Å²) in [6.45, 7) is 5.45. The van der Waals surface area contributed by atoms with E-state index in [1.165, 1.54) is 180 Å². The van der Waals surface area contributed by atoms with Crippen molar-refractivity contribution in [3.05, 3.63) is 0 Å². The quantitative estimate of drug-likeness (QED) is 0.0531. The fourth-order valence-electron chi connectivity index (χ4n) is 6.23. The molecule has 0 radical (unpaired) electrons. The Morgan fingerprint density at radius 2 is 0.674 bits per heavy atom. The van der Waals surface area contributed by atoms with E-state index in [-0.39, 0.29) is 18.8 Å². The van der Waals surface area contributed by atoms with E-state index in [0.29, 0.717) is 13.2 Å². The highest BCUT2D eigenvalue weighted by Crippen LogP contribution is 2.15. The zero-order chi connectivity index (χ0) is 33.6. The summed E-state index contributed by atoms with van der Waals surface area (Å²) in [7, 11) is 0. The molecule has 0 aliphatic carbocycles. The van der Waals surface area contributed by atoms with Crippen molar-refractivity contribution in [3.8, 4) is 0 Å². The van der Waals surface area contributed by atoms with Gasteiger partial charge in [0.1, 0.15) is 6.04 Å². The van der Waals surface area contributed by atoms with Crippen molar-refractivity contribution < 1.29 is 19.1 Å². The Balaban J connectivity index is 3.37. The van der Waals surface area contributed by atoms with Crippen molar-refractivity contribution in [2.45, 2.75) is 238 Å². The number of carbonyl (C=O) groups is 2. The molecule has 46 heavy (non-hydrogen) atoms. The maximum Gasteiger partial charge on any atom is 0.322 e. The normalized spacial score (nSPS) is 12.0. The van der Waals surface area contributed by atoms with Gasteiger partial charge in [-0.1, -0.05) is 206 Å².